The van der Waals surface area contributed by atoms with Crippen LogP contribution in [0.25, 0.3) is 0 Å². The van der Waals surface area contributed by atoms with Crippen LogP contribution in [0.4, 0.5) is 5.69 Å². The average Bonchev–Trinajstić information content (AvgIpc) is 3.52. The van der Waals surface area contributed by atoms with Crippen molar-refractivity contribution in [3.8, 4) is 5.75 Å². The molecule has 1 atom stereocenters. The second kappa shape index (κ2) is 9.70. The number of hydrogen-bond donors (Lipinski definition) is 1. The molecule has 0 bridgehead atoms. The second-order valence-electron chi connectivity index (χ2n) is 7.47. The SMILES string of the molecule is COc1ccc(C(C(=O)NC2CCCC2)N(C(=O)c2csnn2)c2ccccc2)cc1. The first-order valence-corrected chi connectivity index (χ1v) is 11.1. The fourth-order valence-electron chi connectivity index (χ4n) is 3.91. The van der Waals surface area contributed by atoms with Gasteiger partial charge in [-0.1, -0.05) is 47.7 Å². The Hall–Kier alpha value is -3.26. The van der Waals surface area contributed by atoms with Crippen molar-refractivity contribution in [1.29, 1.82) is 0 Å². The molecule has 1 N–H and O–H groups in total. The molecule has 2 amide bonds. The minimum absolute atomic E-state index is 0.127. The first-order chi connectivity index (χ1) is 15.2. The molecule has 2 aromatic carbocycles. The summed E-state index contributed by atoms with van der Waals surface area (Å²) in [6, 6.07) is 15.7. The number of amides is 2. The van der Waals surface area contributed by atoms with E-state index in [1.54, 1.807) is 24.6 Å². The van der Waals surface area contributed by atoms with Gasteiger partial charge in [-0.2, -0.15) is 0 Å². The van der Waals surface area contributed by atoms with Gasteiger partial charge in [0.25, 0.3) is 5.91 Å². The lowest BCUT2D eigenvalue weighted by molar-refractivity contribution is -0.123. The van der Waals surface area contributed by atoms with Crippen LogP contribution in [0.15, 0.2) is 60.0 Å². The van der Waals surface area contributed by atoms with Gasteiger partial charge in [-0.05, 0) is 54.2 Å². The third-order valence-electron chi connectivity index (χ3n) is 5.47. The van der Waals surface area contributed by atoms with Gasteiger partial charge in [0.1, 0.15) is 11.8 Å². The van der Waals surface area contributed by atoms with E-state index in [0.29, 0.717) is 17.0 Å². The molecule has 0 saturated heterocycles. The van der Waals surface area contributed by atoms with E-state index < -0.39 is 6.04 Å². The monoisotopic (exact) mass is 436 g/mol. The zero-order chi connectivity index (χ0) is 21.6. The fourth-order valence-corrected chi connectivity index (χ4v) is 4.34. The van der Waals surface area contributed by atoms with Crippen molar-refractivity contribution in [2.45, 2.75) is 37.8 Å². The number of para-hydroxylation sites is 1. The Morgan fingerprint density at radius 2 is 1.81 bits per heavy atom. The molecule has 7 nitrogen and oxygen atoms in total. The van der Waals surface area contributed by atoms with Crippen LogP contribution in [0, 0.1) is 0 Å². The van der Waals surface area contributed by atoms with Crippen molar-refractivity contribution >= 4 is 29.0 Å². The van der Waals surface area contributed by atoms with Gasteiger partial charge in [0.05, 0.1) is 7.11 Å². The van der Waals surface area contributed by atoms with Gasteiger partial charge in [0, 0.05) is 17.1 Å². The fraction of sp³-hybridized carbons (Fsp3) is 0.304. The molecule has 8 heteroatoms. The van der Waals surface area contributed by atoms with Crippen LogP contribution in [-0.2, 0) is 4.79 Å². The van der Waals surface area contributed by atoms with E-state index in [4.69, 9.17) is 4.74 Å². The Morgan fingerprint density at radius 1 is 1.10 bits per heavy atom. The zero-order valence-corrected chi connectivity index (χ0v) is 18.0. The van der Waals surface area contributed by atoms with Crippen LogP contribution in [0.5, 0.6) is 5.75 Å². The highest BCUT2D eigenvalue weighted by Crippen LogP contribution is 2.31. The number of nitrogens with one attached hydrogen (secondary N) is 1. The van der Waals surface area contributed by atoms with Gasteiger partial charge in [-0.15, -0.1) is 5.10 Å². The molecule has 1 aliphatic carbocycles. The maximum Gasteiger partial charge on any atom is 0.280 e. The molecule has 0 spiro atoms. The summed E-state index contributed by atoms with van der Waals surface area (Å²) in [7, 11) is 1.59. The van der Waals surface area contributed by atoms with Gasteiger partial charge in [-0.3, -0.25) is 14.5 Å². The maximum atomic E-state index is 13.6. The van der Waals surface area contributed by atoms with E-state index in [1.807, 2.05) is 42.5 Å². The summed E-state index contributed by atoms with van der Waals surface area (Å²) in [5.74, 6) is 0.0970. The Labute approximate surface area is 185 Å². The van der Waals surface area contributed by atoms with E-state index in [0.717, 1.165) is 37.2 Å². The quantitative estimate of drug-likeness (QED) is 0.605. The van der Waals surface area contributed by atoms with E-state index >= 15 is 0 Å². The Balaban J connectivity index is 1.78. The van der Waals surface area contributed by atoms with E-state index in [2.05, 4.69) is 14.9 Å². The van der Waals surface area contributed by atoms with Crippen LogP contribution < -0.4 is 15.0 Å². The molecular weight excluding hydrogens is 412 g/mol. The smallest absolute Gasteiger partial charge is 0.280 e. The number of ether oxygens (including phenoxy) is 1. The highest BCUT2D eigenvalue weighted by molar-refractivity contribution is 7.03. The Kier molecular flexibility index (Phi) is 6.57. The largest absolute Gasteiger partial charge is 0.497 e. The van der Waals surface area contributed by atoms with Crippen molar-refractivity contribution in [2.75, 3.05) is 12.0 Å². The van der Waals surface area contributed by atoms with Crippen LogP contribution in [-0.4, -0.2) is 34.6 Å². The molecule has 0 radical (unpaired) electrons. The summed E-state index contributed by atoms with van der Waals surface area (Å²) < 4.78 is 9.10. The number of anilines is 1. The predicted molar refractivity (Wildman–Crippen MR) is 119 cm³/mol. The highest BCUT2D eigenvalue weighted by Gasteiger charge is 2.35. The summed E-state index contributed by atoms with van der Waals surface area (Å²) >= 11 is 1.10. The van der Waals surface area contributed by atoms with Gasteiger partial charge in [0.2, 0.25) is 5.91 Å². The summed E-state index contributed by atoms with van der Waals surface area (Å²) in [5.41, 5.74) is 1.51. The van der Waals surface area contributed by atoms with Crippen molar-refractivity contribution in [1.82, 2.24) is 14.9 Å². The lowest BCUT2D eigenvalue weighted by atomic mass is 10.0. The molecule has 31 heavy (non-hydrogen) atoms. The van der Waals surface area contributed by atoms with Crippen LogP contribution >= 0.6 is 11.5 Å². The summed E-state index contributed by atoms with van der Waals surface area (Å²) in [5, 5.41) is 8.71. The highest BCUT2D eigenvalue weighted by atomic mass is 32.1. The molecule has 1 fully saturated rings. The lowest BCUT2D eigenvalue weighted by Gasteiger charge is -2.32. The molecule has 1 heterocycles. The summed E-state index contributed by atoms with van der Waals surface area (Å²) in [6.07, 6.45) is 4.11. The molecular formula is C23H24N4O3S. The maximum absolute atomic E-state index is 13.6. The summed E-state index contributed by atoms with van der Waals surface area (Å²) in [6.45, 7) is 0. The minimum Gasteiger partial charge on any atom is -0.497 e. The first kappa shape index (κ1) is 21.0. The topological polar surface area (TPSA) is 84.4 Å². The second-order valence-corrected chi connectivity index (χ2v) is 8.08. The normalized spacial score (nSPS) is 14.7. The molecule has 3 aromatic rings. The molecule has 4 rings (SSSR count). The Bertz CT molecular complexity index is 1000. The van der Waals surface area contributed by atoms with Crippen molar-refractivity contribution in [3.05, 3.63) is 71.2 Å². The van der Waals surface area contributed by atoms with Crippen molar-refractivity contribution in [2.24, 2.45) is 0 Å². The van der Waals surface area contributed by atoms with E-state index in [-0.39, 0.29) is 23.6 Å². The number of rotatable bonds is 7. The number of hydrogen-bond acceptors (Lipinski definition) is 6. The van der Waals surface area contributed by atoms with Crippen molar-refractivity contribution in [3.63, 3.8) is 0 Å². The minimum atomic E-state index is -0.858. The van der Waals surface area contributed by atoms with Gasteiger partial charge < -0.3 is 10.1 Å². The van der Waals surface area contributed by atoms with Crippen LogP contribution in [0.1, 0.15) is 47.8 Å². The predicted octanol–water partition coefficient (Wildman–Crippen LogP) is 3.99. The van der Waals surface area contributed by atoms with E-state index in [9.17, 15) is 9.59 Å². The van der Waals surface area contributed by atoms with Gasteiger partial charge in [-0.25, -0.2) is 0 Å². The first-order valence-electron chi connectivity index (χ1n) is 10.3. The standard InChI is InChI=1S/C23H24N4O3S/c1-30-19-13-11-16(12-14-19)21(22(28)24-17-7-5-6-8-17)27(18-9-3-2-4-10-18)23(29)20-15-31-26-25-20/h2-4,9-15,17,21H,5-8H2,1H3,(H,24,28). The van der Waals surface area contributed by atoms with Gasteiger partial charge in [0.15, 0.2) is 5.69 Å². The molecule has 1 aliphatic rings. The third kappa shape index (κ3) is 4.74. The zero-order valence-electron chi connectivity index (χ0n) is 17.2. The van der Waals surface area contributed by atoms with Crippen molar-refractivity contribution < 1.29 is 14.3 Å². The van der Waals surface area contributed by atoms with Crippen LogP contribution in [0.3, 0.4) is 0 Å². The number of nitrogens with zero attached hydrogens (tertiary/aromatic N) is 3. The van der Waals surface area contributed by atoms with Crippen LogP contribution in [0.2, 0.25) is 0 Å². The lowest BCUT2D eigenvalue weighted by Crippen LogP contribution is -2.46. The number of benzene rings is 2. The number of carbonyl (C=O) groups excluding carboxylic acids is 2. The third-order valence-corrected chi connectivity index (χ3v) is 5.98. The molecule has 160 valence electrons. The van der Waals surface area contributed by atoms with Gasteiger partial charge >= 0.3 is 0 Å². The number of carbonyl (C=O) groups is 2. The Morgan fingerprint density at radius 3 is 2.42 bits per heavy atom. The number of methoxy groups -OCH3 is 1. The average molecular weight is 437 g/mol. The van der Waals surface area contributed by atoms with E-state index in [1.165, 1.54) is 4.90 Å². The number of aromatic nitrogens is 2. The molecule has 1 unspecified atom stereocenters. The summed E-state index contributed by atoms with van der Waals surface area (Å²) in [4.78, 5) is 28.6. The molecule has 0 aliphatic heterocycles. The molecule has 1 aromatic heterocycles. The molecule has 1 saturated carbocycles.